The van der Waals surface area contributed by atoms with Gasteiger partial charge in [-0.25, -0.2) is 0 Å². The van der Waals surface area contributed by atoms with Gasteiger partial charge in [0.25, 0.3) is 8.32 Å². The van der Waals surface area contributed by atoms with Crippen molar-refractivity contribution in [3.05, 3.63) is 145 Å². The molecule has 0 aromatic heterocycles. The fourth-order valence-corrected chi connectivity index (χ4v) is 12.4. The Balaban J connectivity index is 1.23. The summed E-state index contributed by atoms with van der Waals surface area (Å²) in [5, 5.41) is 2.50. The fraction of sp³-hybridized carbons (Fsp3) is 0.400. The van der Waals surface area contributed by atoms with Gasteiger partial charge in [0.1, 0.15) is 12.2 Å². The number of benzene rings is 4. The molecule has 0 bridgehead atoms. The molecule has 1 unspecified atom stereocenters. The topological polar surface area (TPSA) is 63.2 Å². The first kappa shape index (κ1) is 37.9. The zero-order valence-electron chi connectivity index (χ0n) is 31.2. The van der Waals surface area contributed by atoms with E-state index in [-0.39, 0.29) is 35.7 Å². The lowest BCUT2D eigenvalue weighted by atomic mass is 9.94. The maximum atomic E-state index is 12.5. The van der Waals surface area contributed by atoms with E-state index in [9.17, 15) is 4.79 Å². The van der Waals surface area contributed by atoms with Crippen molar-refractivity contribution in [1.29, 1.82) is 0 Å². The summed E-state index contributed by atoms with van der Waals surface area (Å²) < 4.78 is 32.3. The van der Waals surface area contributed by atoms with Gasteiger partial charge in [-0.2, -0.15) is 0 Å². The van der Waals surface area contributed by atoms with E-state index in [4.69, 9.17) is 23.4 Å². The van der Waals surface area contributed by atoms with Crippen molar-refractivity contribution < 1.29 is 28.2 Å². The predicted octanol–water partition coefficient (Wildman–Crippen LogP) is 7.89. The molecule has 0 radical (unpaired) electrons. The van der Waals surface area contributed by atoms with E-state index in [0.717, 1.165) is 11.1 Å². The number of hydrogen-bond acceptors (Lipinski definition) is 6. The van der Waals surface area contributed by atoms with Crippen LogP contribution in [-0.2, 0) is 41.4 Å². The van der Waals surface area contributed by atoms with Gasteiger partial charge in [-0.3, -0.25) is 4.79 Å². The second-order valence-corrected chi connectivity index (χ2v) is 19.6. The van der Waals surface area contributed by atoms with Crippen molar-refractivity contribution in [2.45, 2.75) is 83.2 Å². The van der Waals surface area contributed by atoms with Crippen molar-refractivity contribution in [1.82, 2.24) is 0 Å². The van der Waals surface area contributed by atoms with E-state index in [2.05, 4.69) is 125 Å². The minimum Gasteiger partial charge on any atom is -0.469 e. The van der Waals surface area contributed by atoms with E-state index < -0.39 is 14.4 Å². The summed E-state index contributed by atoms with van der Waals surface area (Å²) in [4.78, 5) is 12.5. The van der Waals surface area contributed by atoms with Gasteiger partial charge in [0.05, 0.1) is 39.0 Å². The number of hydrogen-bond donors (Lipinski definition) is 0. The van der Waals surface area contributed by atoms with E-state index >= 15 is 0 Å². The third-order valence-corrected chi connectivity index (χ3v) is 15.8. The average Bonchev–Trinajstić information content (AvgIpc) is 3.80. The van der Waals surface area contributed by atoms with Crippen molar-refractivity contribution in [2.75, 3.05) is 13.7 Å². The first-order chi connectivity index (χ1) is 25.2. The summed E-state index contributed by atoms with van der Waals surface area (Å²) in [6.45, 7) is 10.8. The number of carbonyl (C=O) groups is 1. The molecule has 6 rings (SSSR count). The summed E-state index contributed by atoms with van der Waals surface area (Å²) in [7, 11) is -1.23. The third-order valence-electron chi connectivity index (χ3n) is 10.8. The molecule has 6 nitrogen and oxygen atoms in total. The van der Waals surface area contributed by atoms with Gasteiger partial charge in [0.2, 0.25) is 0 Å². The lowest BCUT2D eigenvalue weighted by Crippen LogP contribution is -2.66. The molecule has 0 amide bonds. The third kappa shape index (κ3) is 9.01. The minimum absolute atomic E-state index is 0.0815. The molecule has 2 aliphatic rings. The van der Waals surface area contributed by atoms with Crippen LogP contribution in [-0.4, -0.2) is 52.4 Å². The monoisotopic (exact) mass is 718 g/mol. The predicted molar refractivity (Wildman–Crippen MR) is 209 cm³/mol. The summed E-state index contributed by atoms with van der Waals surface area (Å²) in [5.74, 6) is 0.870. The van der Waals surface area contributed by atoms with Gasteiger partial charge in [0, 0.05) is 13.0 Å². The van der Waals surface area contributed by atoms with Gasteiger partial charge >= 0.3 is 5.97 Å². The lowest BCUT2D eigenvalue weighted by molar-refractivity contribution is -0.198. The molecule has 4 aromatic carbocycles. The number of esters is 1. The highest BCUT2D eigenvalue weighted by molar-refractivity contribution is 6.99. The summed E-state index contributed by atoms with van der Waals surface area (Å²) in [5.41, 5.74) is 2.17. The highest BCUT2D eigenvalue weighted by atomic mass is 28.4. The molecule has 0 spiro atoms. The quantitative estimate of drug-likeness (QED) is 0.0708. The minimum atomic E-state index is -2.64. The van der Waals surface area contributed by atoms with Crippen LogP contribution >= 0.6 is 0 Å². The smallest absolute Gasteiger partial charge is 0.308 e. The number of rotatable bonds is 15. The molecule has 274 valence electrons. The molecule has 1 saturated carbocycles. The maximum absolute atomic E-state index is 12.5. The average molecular weight is 719 g/mol. The van der Waals surface area contributed by atoms with Crippen LogP contribution in [0.1, 0.15) is 51.7 Å². The van der Waals surface area contributed by atoms with Crippen molar-refractivity contribution in [3.63, 3.8) is 0 Å². The van der Waals surface area contributed by atoms with Crippen LogP contribution in [0.2, 0.25) is 5.04 Å². The second-order valence-electron chi connectivity index (χ2n) is 15.3. The van der Waals surface area contributed by atoms with Crippen LogP contribution in [0.5, 0.6) is 0 Å². The molecule has 2 fully saturated rings. The highest BCUT2D eigenvalue weighted by Gasteiger charge is 2.53. The van der Waals surface area contributed by atoms with Crippen LogP contribution in [0.3, 0.4) is 0 Å². The number of allylic oxidation sites excluding steroid dienone is 1. The largest absolute Gasteiger partial charge is 0.469 e. The highest BCUT2D eigenvalue weighted by Crippen LogP contribution is 2.49. The van der Waals surface area contributed by atoms with Crippen molar-refractivity contribution in [3.8, 4) is 0 Å². The Bertz CT molecular complexity index is 1670. The number of carbonyl (C=O) groups excluding carboxylic acids is 1. The molecule has 4 aromatic rings. The molecular weight excluding hydrogens is 665 g/mol. The zero-order valence-corrected chi connectivity index (χ0v) is 32.2. The standard InChI is InChI=1S/C45H54O6Si/c1-33-39(40(33)32-50-52(45(2,3)4,37-22-14-8-15-23-37)38-24-16-9-17-25-38)26-27-41-44(49-31-35-20-12-7-13-21-35)42(28-36(51-41)29-43(46)47-5)48-30-34-18-10-6-11-19-34/h6-27,33,36,39-42,44H,28-32H2,1-5H3/b27-26+/t33-,36-,39?,40-,41-,42-,44-/m0/s1. The second kappa shape index (κ2) is 17.3. The van der Waals surface area contributed by atoms with E-state index in [1.807, 2.05) is 36.4 Å². The number of methoxy groups -OCH3 is 1. The fourth-order valence-electron chi connectivity index (χ4n) is 7.81. The Morgan fingerprint density at radius 3 is 1.81 bits per heavy atom. The summed E-state index contributed by atoms with van der Waals surface area (Å²) in [6, 6.07) is 42.0. The summed E-state index contributed by atoms with van der Waals surface area (Å²) in [6.07, 6.45) is 3.73. The van der Waals surface area contributed by atoms with Crippen LogP contribution < -0.4 is 10.4 Å². The Kier molecular flexibility index (Phi) is 12.6. The Morgan fingerprint density at radius 2 is 1.29 bits per heavy atom. The van der Waals surface area contributed by atoms with Gasteiger partial charge < -0.3 is 23.4 Å². The Morgan fingerprint density at radius 1 is 0.769 bits per heavy atom. The first-order valence-corrected chi connectivity index (χ1v) is 20.6. The SMILES string of the molecule is COC(=O)C[C@@H]1C[C@H](OCc2ccccc2)[C@@H](OCc2ccccc2)[C@H](/C=C/C2[C@@H](CO[Si](c3ccccc3)(c3ccccc3)C(C)(C)C)[C@H]2C)O1. The van der Waals surface area contributed by atoms with Crippen LogP contribution in [0.25, 0.3) is 0 Å². The Hall–Kier alpha value is -3.85. The molecule has 1 saturated heterocycles. The van der Waals surface area contributed by atoms with Gasteiger partial charge in [-0.15, -0.1) is 0 Å². The molecule has 7 atom stereocenters. The van der Waals surface area contributed by atoms with Crippen LogP contribution in [0.15, 0.2) is 133 Å². The van der Waals surface area contributed by atoms with E-state index in [0.29, 0.717) is 44.0 Å². The van der Waals surface area contributed by atoms with Gasteiger partial charge in [0.15, 0.2) is 0 Å². The van der Waals surface area contributed by atoms with Crippen LogP contribution in [0.4, 0.5) is 0 Å². The zero-order chi connectivity index (χ0) is 36.6. The van der Waals surface area contributed by atoms with Crippen molar-refractivity contribution >= 4 is 24.7 Å². The molecule has 1 aliphatic carbocycles. The molecule has 7 heteroatoms. The normalized spacial score (nSPS) is 24.8. The van der Waals surface area contributed by atoms with Crippen molar-refractivity contribution in [2.24, 2.45) is 17.8 Å². The lowest BCUT2D eigenvalue weighted by Gasteiger charge is -2.43. The van der Waals surface area contributed by atoms with E-state index in [1.165, 1.54) is 17.5 Å². The van der Waals surface area contributed by atoms with E-state index in [1.54, 1.807) is 0 Å². The molecule has 1 aliphatic heterocycles. The Labute approximate surface area is 311 Å². The molecule has 1 heterocycles. The van der Waals surface area contributed by atoms with Gasteiger partial charge in [-0.1, -0.05) is 161 Å². The van der Waals surface area contributed by atoms with Gasteiger partial charge in [-0.05, 0) is 44.3 Å². The molecule has 52 heavy (non-hydrogen) atoms. The summed E-state index contributed by atoms with van der Waals surface area (Å²) >= 11 is 0. The first-order valence-electron chi connectivity index (χ1n) is 18.7. The number of ether oxygens (including phenoxy) is 4. The molecule has 0 N–H and O–H groups in total. The molecular formula is C45H54O6Si. The van der Waals surface area contributed by atoms with Crippen LogP contribution in [0, 0.1) is 17.8 Å². The maximum Gasteiger partial charge on any atom is 0.308 e.